The molecule has 7 heteroatoms. The number of morpholine rings is 1. The van der Waals surface area contributed by atoms with Crippen molar-refractivity contribution in [2.24, 2.45) is 10.9 Å². The first-order chi connectivity index (χ1) is 9.62. The van der Waals surface area contributed by atoms with Crippen LogP contribution >= 0.6 is 0 Å². The van der Waals surface area contributed by atoms with Crippen LogP contribution in [0.3, 0.4) is 0 Å². The molecular formula is C13H20N4O3. The van der Waals surface area contributed by atoms with Gasteiger partial charge in [0.2, 0.25) is 0 Å². The summed E-state index contributed by atoms with van der Waals surface area (Å²) >= 11 is 0. The van der Waals surface area contributed by atoms with Crippen LogP contribution in [0.15, 0.2) is 17.3 Å². The lowest BCUT2D eigenvalue weighted by molar-refractivity contribution is 0.000949. The van der Waals surface area contributed by atoms with Crippen molar-refractivity contribution >= 4 is 5.84 Å². The highest BCUT2D eigenvalue weighted by molar-refractivity contribution is 5.84. The molecular weight excluding hydrogens is 260 g/mol. The van der Waals surface area contributed by atoms with Crippen LogP contribution in [0.2, 0.25) is 0 Å². The normalized spacial score (nSPS) is 20.9. The van der Waals surface area contributed by atoms with Crippen LogP contribution in [0.5, 0.6) is 5.75 Å². The molecule has 0 radical (unpaired) electrons. The van der Waals surface area contributed by atoms with Crippen molar-refractivity contribution in [3.05, 3.63) is 23.5 Å². The first kappa shape index (κ1) is 14.5. The summed E-state index contributed by atoms with van der Waals surface area (Å²) < 4.78 is 10.7. The maximum atomic E-state index is 8.70. The molecule has 0 aromatic carbocycles. The first-order valence-corrected chi connectivity index (χ1v) is 6.45. The Hall–Kier alpha value is -1.86. The minimum absolute atomic E-state index is 0.101. The number of oxime groups is 1. The zero-order valence-corrected chi connectivity index (χ0v) is 11.7. The van der Waals surface area contributed by atoms with Crippen molar-refractivity contribution in [1.82, 2.24) is 9.88 Å². The summed E-state index contributed by atoms with van der Waals surface area (Å²) in [6.07, 6.45) is -0.375. The Labute approximate surface area is 118 Å². The summed E-state index contributed by atoms with van der Waals surface area (Å²) in [5.74, 6) is 0.901. The molecule has 2 rings (SSSR count). The summed E-state index contributed by atoms with van der Waals surface area (Å²) in [4.78, 5) is 6.65. The van der Waals surface area contributed by atoms with E-state index in [1.165, 1.54) is 0 Å². The number of rotatable bonds is 4. The standard InChI is InChI=1S/C13H20N4O3/c1-9-5-11(19-2)6-10(15-9)7-17-3-4-20-12(8-17)13(14)16-18/h5-6,12,18H,3-4,7-8H2,1-2H3,(H2,14,16). The van der Waals surface area contributed by atoms with Gasteiger partial charge in [0.25, 0.3) is 0 Å². The molecule has 1 unspecified atom stereocenters. The molecule has 110 valence electrons. The van der Waals surface area contributed by atoms with Crippen molar-refractivity contribution in [2.45, 2.75) is 19.6 Å². The number of ether oxygens (including phenoxy) is 2. The summed E-state index contributed by atoms with van der Waals surface area (Å²) in [6.45, 7) is 4.52. The molecule has 1 aliphatic rings. The fraction of sp³-hybridized carbons (Fsp3) is 0.538. The molecule has 0 spiro atoms. The van der Waals surface area contributed by atoms with Gasteiger partial charge in [-0.1, -0.05) is 5.16 Å². The Morgan fingerprint density at radius 1 is 1.65 bits per heavy atom. The van der Waals surface area contributed by atoms with E-state index in [0.717, 1.165) is 23.7 Å². The molecule has 2 heterocycles. The van der Waals surface area contributed by atoms with Crippen LogP contribution in [0, 0.1) is 6.92 Å². The minimum atomic E-state index is -0.375. The Morgan fingerprint density at radius 2 is 2.45 bits per heavy atom. The van der Waals surface area contributed by atoms with Gasteiger partial charge in [0, 0.05) is 37.5 Å². The van der Waals surface area contributed by atoms with Gasteiger partial charge >= 0.3 is 0 Å². The molecule has 1 atom stereocenters. The molecule has 3 N–H and O–H groups in total. The number of aryl methyl sites for hydroxylation is 1. The minimum Gasteiger partial charge on any atom is -0.497 e. The van der Waals surface area contributed by atoms with Gasteiger partial charge in [0.1, 0.15) is 11.9 Å². The first-order valence-electron chi connectivity index (χ1n) is 6.45. The van der Waals surface area contributed by atoms with Crippen LogP contribution in [-0.2, 0) is 11.3 Å². The SMILES string of the molecule is COc1cc(C)nc(CN2CCOC(/C(N)=N/O)C2)c1. The Kier molecular flexibility index (Phi) is 4.75. The lowest BCUT2D eigenvalue weighted by Crippen LogP contribution is -2.48. The molecule has 0 amide bonds. The Bertz CT molecular complexity index is 493. The second kappa shape index (κ2) is 6.53. The van der Waals surface area contributed by atoms with Crippen LogP contribution in [0.25, 0.3) is 0 Å². The molecule has 1 aromatic rings. The predicted molar refractivity (Wildman–Crippen MR) is 74.0 cm³/mol. The van der Waals surface area contributed by atoms with E-state index in [9.17, 15) is 0 Å². The number of hydrogen-bond acceptors (Lipinski definition) is 6. The topological polar surface area (TPSA) is 93.2 Å². The summed E-state index contributed by atoms with van der Waals surface area (Å²) in [7, 11) is 1.64. The van der Waals surface area contributed by atoms with Crippen molar-refractivity contribution < 1.29 is 14.7 Å². The maximum absolute atomic E-state index is 8.70. The average Bonchev–Trinajstić information content (AvgIpc) is 2.46. The number of nitrogens with two attached hydrogens (primary N) is 1. The third kappa shape index (κ3) is 3.58. The molecule has 1 fully saturated rings. The summed E-state index contributed by atoms with van der Waals surface area (Å²) in [5, 5.41) is 11.7. The highest BCUT2D eigenvalue weighted by atomic mass is 16.5. The Balaban J connectivity index is 2.04. The quantitative estimate of drug-likeness (QED) is 0.358. The van der Waals surface area contributed by atoms with Gasteiger partial charge in [-0.3, -0.25) is 9.88 Å². The van der Waals surface area contributed by atoms with Gasteiger partial charge in [-0.15, -0.1) is 0 Å². The molecule has 20 heavy (non-hydrogen) atoms. The van der Waals surface area contributed by atoms with E-state index < -0.39 is 0 Å². The van der Waals surface area contributed by atoms with E-state index in [1.54, 1.807) is 7.11 Å². The lowest BCUT2D eigenvalue weighted by Gasteiger charge is -2.31. The monoisotopic (exact) mass is 280 g/mol. The van der Waals surface area contributed by atoms with Gasteiger partial charge in [0.15, 0.2) is 5.84 Å². The number of methoxy groups -OCH3 is 1. The molecule has 0 bridgehead atoms. The highest BCUT2D eigenvalue weighted by Gasteiger charge is 2.24. The lowest BCUT2D eigenvalue weighted by atomic mass is 10.2. The van der Waals surface area contributed by atoms with E-state index in [4.69, 9.17) is 20.4 Å². The molecule has 0 saturated carbocycles. The number of amidine groups is 1. The van der Waals surface area contributed by atoms with E-state index in [-0.39, 0.29) is 11.9 Å². The van der Waals surface area contributed by atoms with Crippen molar-refractivity contribution in [2.75, 3.05) is 26.8 Å². The van der Waals surface area contributed by atoms with Gasteiger partial charge in [-0.25, -0.2) is 0 Å². The molecule has 7 nitrogen and oxygen atoms in total. The summed E-state index contributed by atoms with van der Waals surface area (Å²) in [5.41, 5.74) is 7.44. The third-order valence-electron chi connectivity index (χ3n) is 3.20. The Morgan fingerprint density at radius 3 is 3.15 bits per heavy atom. The number of hydrogen-bond donors (Lipinski definition) is 2. The predicted octanol–water partition coefficient (Wildman–Crippen LogP) is 0.346. The van der Waals surface area contributed by atoms with E-state index in [1.807, 2.05) is 19.1 Å². The second-order valence-corrected chi connectivity index (χ2v) is 4.76. The molecule has 0 aliphatic carbocycles. The number of aromatic nitrogens is 1. The van der Waals surface area contributed by atoms with Crippen LogP contribution in [0.1, 0.15) is 11.4 Å². The highest BCUT2D eigenvalue weighted by Crippen LogP contribution is 2.16. The van der Waals surface area contributed by atoms with E-state index >= 15 is 0 Å². The maximum Gasteiger partial charge on any atom is 0.169 e. The largest absolute Gasteiger partial charge is 0.497 e. The summed E-state index contributed by atoms with van der Waals surface area (Å²) in [6, 6.07) is 3.81. The average molecular weight is 280 g/mol. The fourth-order valence-electron chi connectivity index (χ4n) is 2.22. The molecule has 1 aromatic heterocycles. The zero-order valence-electron chi connectivity index (χ0n) is 11.7. The number of pyridine rings is 1. The van der Waals surface area contributed by atoms with Gasteiger partial charge in [-0.05, 0) is 6.92 Å². The van der Waals surface area contributed by atoms with Crippen LogP contribution in [-0.4, -0.2) is 53.8 Å². The van der Waals surface area contributed by atoms with Gasteiger partial charge in [0.05, 0.1) is 19.4 Å². The van der Waals surface area contributed by atoms with E-state index in [0.29, 0.717) is 19.7 Å². The molecule has 1 aliphatic heterocycles. The van der Waals surface area contributed by atoms with Crippen molar-refractivity contribution in [1.29, 1.82) is 0 Å². The molecule has 1 saturated heterocycles. The zero-order chi connectivity index (χ0) is 14.5. The van der Waals surface area contributed by atoms with Crippen LogP contribution < -0.4 is 10.5 Å². The van der Waals surface area contributed by atoms with E-state index in [2.05, 4.69) is 15.0 Å². The van der Waals surface area contributed by atoms with Crippen LogP contribution in [0.4, 0.5) is 0 Å². The fourth-order valence-corrected chi connectivity index (χ4v) is 2.22. The van der Waals surface area contributed by atoms with Crippen molar-refractivity contribution in [3.8, 4) is 5.75 Å². The third-order valence-corrected chi connectivity index (χ3v) is 3.20. The van der Waals surface area contributed by atoms with Gasteiger partial charge in [-0.2, -0.15) is 0 Å². The number of nitrogens with zero attached hydrogens (tertiary/aromatic N) is 3. The van der Waals surface area contributed by atoms with Gasteiger partial charge < -0.3 is 20.4 Å². The van der Waals surface area contributed by atoms with Crippen molar-refractivity contribution in [3.63, 3.8) is 0 Å². The second-order valence-electron chi connectivity index (χ2n) is 4.76. The smallest absolute Gasteiger partial charge is 0.169 e.